The van der Waals surface area contributed by atoms with E-state index in [0.717, 1.165) is 6.42 Å². The van der Waals surface area contributed by atoms with E-state index in [1.807, 2.05) is 0 Å². The third-order valence-electron chi connectivity index (χ3n) is 1.45. The van der Waals surface area contributed by atoms with E-state index in [9.17, 15) is 0 Å². The highest BCUT2D eigenvalue weighted by Crippen LogP contribution is 2.21. The predicted molar refractivity (Wildman–Crippen MR) is 31.9 cm³/mol. The second kappa shape index (κ2) is 1.52. The SMILES string of the molecule is C1Cc2nnsc2C1. The largest absolute Gasteiger partial charge is 0.143 e. The third kappa shape index (κ3) is 0.478. The molecule has 1 aromatic rings. The Hall–Kier alpha value is -0.440. The van der Waals surface area contributed by atoms with Crippen molar-refractivity contribution in [3.8, 4) is 0 Å². The Labute approximate surface area is 51.7 Å². The second-order valence-electron chi connectivity index (χ2n) is 2.00. The van der Waals surface area contributed by atoms with Gasteiger partial charge in [-0.15, -0.1) is 5.10 Å². The maximum atomic E-state index is 3.97. The molecule has 0 spiro atoms. The van der Waals surface area contributed by atoms with Crippen molar-refractivity contribution in [2.75, 3.05) is 0 Å². The molecule has 0 saturated heterocycles. The van der Waals surface area contributed by atoms with Crippen molar-refractivity contribution >= 4 is 11.5 Å². The van der Waals surface area contributed by atoms with Crippen LogP contribution in [0.2, 0.25) is 0 Å². The van der Waals surface area contributed by atoms with Crippen LogP contribution in [0.4, 0.5) is 0 Å². The first-order valence-corrected chi connectivity index (χ1v) is 3.54. The first-order valence-electron chi connectivity index (χ1n) is 2.77. The monoisotopic (exact) mass is 126 g/mol. The molecule has 0 atom stereocenters. The van der Waals surface area contributed by atoms with Gasteiger partial charge in [0.15, 0.2) is 0 Å². The van der Waals surface area contributed by atoms with Gasteiger partial charge in [0.05, 0.1) is 5.69 Å². The topological polar surface area (TPSA) is 25.8 Å². The molecule has 0 fully saturated rings. The highest BCUT2D eigenvalue weighted by atomic mass is 32.1. The fourth-order valence-corrected chi connectivity index (χ4v) is 1.75. The number of hydrogen-bond acceptors (Lipinski definition) is 3. The minimum Gasteiger partial charge on any atom is -0.143 e. The van der Waals surface area contributed by atoms with Crippen molar-refractivity contribution < 1.29 is 0 Å². The van der Waals surface area contributed by atoms with E-state index in [1.54, 1.807) is 11.5 Å². The van der Waals surface area contributed by atoms with E-state index in [2.05, 4.69) is 9.59 Å². The highest BCUT2D eigenvalue weighted by molar-refractivity contribution is 7.05. The molecule has 0 aliphatic heterocycles. The zero-order valence-corrected chi connectivity index (χ0v) is 5.24. The van der Waals surface area contributed by atoms with Gasteiger partial charge in [-0.3, -0.25) is 0 Å². The van der Waals surface area contributed by atoms with Gasteiger partial charge < -0.3 is 0 Å². The van der Waals surface area contributed by atoms with E-state index in [-0.39, 0.29) is 0 Å². The Balaban J connectivity index is 2.54. The quantitative estimate of drug-likeness (QED) is 0.518. The molecule has 0 radical (unpaired) electrons. The Kier molecular flexibility index (Phi) is 0.842. The molecule has 0 saturated carbocycles. The van der Waals surface area contributed by atoms with Gasteiger partial charge in [-0.25, -0.2) is 0 Å². The van der Waals surface area contributed by atoms with Crippen molar-refractivity contribution in [2.45, 2.75) is 19.3 Å². The number of hydrogen-bond donors (Lipinski definition) is 0. The molecule has 3 heteroatoms. The smallest absolute Gasteiger partial charge is 0.0787 e. The molecule has 0 amide bonds. The summed E-state index contributed by atoms with van der Waals surface area (Å²) >= 11 is 1.55. The standard InChI is InChI=1S/C5H6N2S/c1-2-4-5(3-1)8-7-6-4/h1-3H2. The van der Waals surface area contributed by atoms with Crippen LogP contribution < -0.4 is 0 Å². The molecule has 2 rings (SSSR count). The third-order valence-corrected chi connectivity index (χ3v) is 2.28. The lowest BCUT2D eigenvalue weighted by Gasteiger charge is -1.74. The van der Waals surface area contributed by atoms with Gasteiger partial charge in [-0.05, 0) is 30.8 Å². The Morgan fingerprint density at radius 2 is 2.38 bits per heavy atom. The molecular weight excluding hydrogens is 120 g/mol. The zero-order chi connectivity index (χ0) is 5.40. The fraction of sp³-hybridized carbons (Fsp3) is 0.600. The summed E-state index contributed by atoms with van der Waals surface area (Å²) < 4.78 is 3.84. The summed E-state index contributed by atoms with van der Waals surface area (Å²) in [6, 6.07) is 0. The first-order chi connectivity index (χ1) is 3.97. The van der Waals surface area contributed by atoms with E-state index in [0.29, 0.717) is 0 Å². The minimum absolute atomic E-state index is 1.16. The van der Waals surface area contributed by atoms with Gasteiger partial charge in [-0.2, -0.15) is 0 Å². The van der Waals surface area contributed by atoms with Crippen LogP contribution >= 0.6 is 11.5 Å². The number of aromatic nitrogens is 2. The van der Waals surface area contributed by atoms with Crippen LogP contribution in [-0.4, -0.2) is 9.59 Å². The second-order valence-corrected chi connectivity index (χ2v) is 2.84. The lowest BCUT2D eigenvalue weighted by atomic mass is 10.4. The molecule has 0 N–H and O–H groups in total. The van der Waals surface area contributed by atoms with Gasteiger partial charge in [0.2, 0.25) is 0 Å². The molecule has 1 aliphatic rings. The van der Waals surface area contributed by atoms with Gasteiger partial charge in [0, 0.05) is 4.88 Å². The summed E-state index contributed by atoms with van der Waals surface area (Å²) in [6.45, 7) is 0. The molecule has 8 heavy (non-hydrogen) atoms. The minimum atomic E-state index is 1.16. The van der Waals surface area contributed by atoms with Gasteiger partial charge in [0.25, 0.3) is 0 Å². The number of rotatable bonds is 0. The van der Waals surface area contributed by atoms with Gasteiger partial charge in [0.1, 0.15) is 0 Å². The molecule has 0 unspecified atom stereocenters. The van der Waals surface area contributed by atoms with E-state index < -0.39 is 0 Å². The molecule has 1 aromatic heterocycles. The van der Waals surface area contributed by atoms with Crippen molar-refractivity contribution in [1.82, 2.24) is 9.59 Å². The fourth-order valence-electron chi connectivity index (χ4n) is 1.02. The van der Waals surface area contributed by atoms with Crippen molar-refractivity contribution in [1.29, 1.82) is 0 Å². The van der Waals surface area contributed by atoms with Crippen LogP contribution in [0, 0.1) is 0 Å². The summed E-state index contributed by atoms with van der Waals surface area (Å²) in [5, 5.41) is 3.97. The zero-order valence-electron chi connectivity index (χ0n) is 4.42. The molecule has 42 valence electrons. The first kappa shape index (κ1) is 4.44. The molecule has 0 aromatic carbocycles. The molecule has 2 nitrogen and oxygen atoms in total. The Bertz CT molecular complexity index is 176. The maximum Gasteiger partial charge on any atom is 0.0787 e. The van der Waals surface area contributed by atoms with Gasteiger partial charge in [-0.1, -0.05) is 4.49 Å². The molecule has 1 heterocycles. The van der Waals surface area contributed by atoms with Crippen molar-refractivity contribution in [3.05, 3.63) is 10.6 Å². The van der Waals surface area contributed by atoms with Gasteiger partial charge >= 0.3 is 0 Å². The average molecular weight is 126 g/mol. The van der Waals surface area contributed by atoms with Crippen LogP contribution in [0.3, 0.4) is 0 Å². The van der Waals surface area contributed by atoms with Crippen molar-refractivity contribution in [2.24, 2.45) is 0 Å². The summed E-state index contributed by atoms with van der Waals surface area (Å²) in [5.41, 5.74) is 1.25. The Morgan fingerprint density at radius 1 is 1.38 bits per heavy atom. The number of aryl methyl sites for hydroxylation is 2. The molecular formula is C5H6N2S. The number of nitrogens with zero attached hydrogens (tertiary/aromatic N) is 2. The average Bonchev–Trinajstić information content (AvgIpc) is 2.15. The summed E-state index contributed by atoms with van der Waals surface area (Å²) in [5.74, 6) is 0. The predicted octanol–water partition coefficient (Wildman–Crippen LogP) is 1.03. The molecule has 0 bridgehead atoms. The highest BCUT2D eigenvalue weighted by Gasteiger charge is 2.13. The van der Waals surface area contributed by atoms with E-state index >= 15 is 0 Å². The summed E-state index contributed by atoms with van der Waals surface area (Å²) in [4.78, 5) is 1.41. The van der Waals surface area contributed by atoms with Crippen LogP contribution in [-0.2, 0) is 12.8 Å². The normalized spacial score (nSPS) is 16.5. The van der Waals surface area contributed by atoms with Crippen LogP contribution in [0.15, 0.2) is 0 Å². The van der Waals surface area contributed by atoms with Crippen LogP contribution in [0.25, 0.3) is 0 Å². The number of fused-ring (bicyclic) bond motifs is 1. The van der Waals surface area contributed by atoms with Crippen molar-refractivity contribution in [3.63, 3.8) is 0 Å². The summed E-state index contributed by atoms with van der Waals surface area (Å²) in [6.07, 6.45) is 3.66. The van der Waals surface area contributed by atoms with E-state index in [4.69, 9.17) is 0 Å². The van der Waals surface area contributed by atoms with Crippen LogP contribution in [0.5, 0.6) is 0 Å². The summed E-state index contributed by atoms with van der Waals surface area (Å²) in [7, 11) is 0. The lowest BCUT2D eigenvalue weighted by molar-refractivity contribution is 0.883. The maximum absolute atomic E-state index is 3.97. The van der Waals surface area contributed by atoms with Crippen LogP contribution in [0.1, 0.15) is 17.0 Å². The molecule has 1 aliphatic carbocycles. The Morgan fingerprint density at radius 3 is 3.25 bits per heavy atom. The lowest BCUT2D eigenvalue weighted by Crippen LogP contribution is -1.76. The van der Waals surface area contributed by atoms with E-state index in [1.165, 1.54) is 23.4 Å².